The highest BCUT2D eigenvalue weighted by atomic mass is 32.2. The van der Waals surface area contributed by atoms with E-state index in [0.29, 0.717) is 24.4 Å². The van der Waals surface area contributed by atoms with E-state index in [2.05, 4.69) is 25.0 Å². The lowest BCUT2D eigenvalue weighted by molar-refractivity contribution is -0.120. The van der Waals surface area contributed by atoms with Crippen LogP contribution in [0.4, 0.5) is 10.9 Å². The second-order valence-electron chi connectivity index (χ2n) is 7.64. The third-order valence-electron chi connectivity index (χ3n) is 4.90. The van der Waals surface area contributed by atoms with E-state index in [1.807, 2.05) is 18.2 Å². The van der Waals surface area contributed by atoms with Gasteiger partial charge in [-0.05, 0) is 44.9 Å². The van der Waals surface area contributed by atoms with Crippen LogP contribution in [0.2, 0.25) is 0 Å². The number of thiazole rings is 1. The molecular weight excluding hydrogens is 422 g/mol. The molecule has 156 valence electrons. The van der Waals surface area contributed by atoms with Gasteiger partial charge in [0, 0.05) is 35.1 Å². The molecule has 1 aliphatic rings. The Labute approximate surface area is 178 Å². The molecule has 1 saturated carbocycles. The minimum Gasteiger partial charge on any atom is -0.310 e. The average molecular weight is 444 g/mol. The van der Waals surface area contributed by atoms with E-state index >= 15 is 0 Å². The standard InChI is InChI=1S/C20H21N5O3S2/c1-20(2,16-12-29-19(23-16)25-30(27,28)15-6-7-15)18(26)24-17-8-5-14(11-22-17)13-4-3-9-21-10-13/h3-5,8-12,15H,6-7H2,1-2H3,(H,23,25)(H,22,24,26). The van der Waals surface area contributed by atoms with Gasteiger partial charge in [-0.2, -0.15) is 0 Å². The molecule has 4 rings (SSSR count). The molecule has 0 aromatic carbocycles. The zero-order chi connectivity index (χ0) is 21.4. The van der Waals surface area contributed by atoms with Gasteiger partial charge in [0.15, 0.2) is 5.13 Å². The highest BCUT2D eigenvalue weighted by molar-refractivity contribution is 7.93. The third kappa shape index (κ3) is 4.34. The Morgan fingerprint density at radius 3 is 2.57 bits per heavy atom. The number of nitrogens with zero attached hydrogens (tertiary/aromatic N) is 3. The quantitative estimate of drug-likeness (QED) is 0.578. The van der Waals surface area contributed by atoms with Gasteiger partial charge in [-0.1, -0.05) is 6.07 Å². The summed E-state index contributed by atoms with van der Waals surface area (Å²) in [5, 5.41) is 4.45. The number of anilines is 2. The second kappa shape index (κ2) is 7.77. The van der Waals surface area contributed by atoms with E-state index in [4.69, 9.17) is 0 Å². The molecule has 30 heavy (non-hydrogen) atoms. The van der Waals surface area contributed by atoms with Gasteiger partial charge in [0.05, 0.1) is 16.4 Å². The monoisotopic (exact) mass is 443 g/mol. The lowest BCUT2D eigenvalue weighted by atomic mass is 9.89. The molecule has 2 N–H and O–H groups in total. The maximum atomic E-state index is 12.9. The van der Waals surface area contributed by atoms with E-state index in [1.165, 1.54) is 11.3 Å². The van der Waals surface area contributed by atoms with Gasteiger partial charge < -0.3 is 5.32 Å². The van der Waals surface area contributed by atoms with E-state index < -0.39 is 15.4 Å². The first kappa shape index (κ1) is 20.4. The molecule has 10 heteroatoms. The van der Waals surface area contributed by atoms with Crippen LogP contribution in [-0.2, 0) is 20.2 Å². The molecule has 1 fully saturated rings. The molecule has 0 unspecified atom stereocenters. The largest absolute Gasteiger partial charge is 0.310 e. The summed E-state index contributed by atoms with van der Waals surface area (Å²) in [5.41, 5.74) is 1.36. The molecule has 3 heterocycles. The molecule has 0 aliphatic heterocycles. The Hall–Kier alpha value is -2.85. The van der Waals surface area contributed by atoms with Crippen LogP contribution >= 0.6 is 11.3 Å². The number of hydrogen-bond donors (Lipinski definition) is 2. The number of rotatable bonds is 7. The summed E-state index contributed by atoms with van der Waals surface area (Å²) < 4.78 is 26.7. The van der Waals surface area contributed by atoms with Crippen LogP contribution in [0.5, 0.6) is 0 Å². The fourth-order valence-corrected chi connectivity index (χ4v) is 5.23. The Morgan fingerprint density at radius 2 is 1.93 bits per heavy atom. The lowest BCUT2D eigenvalue weighted by Gasteiger charge is -2.21. The van der Waals surface area contributed by atoms with Crippen molar-refractivity contribution >= 4 is 38.2 Å². The van der Waals surface area contributed by atoms with Crippen molar-refractivity contribution in [2.45, 2.75) is 37.4 Å². The van der Waals surface area contributed by atoms with Gasteiger partial charge in [-0.25, -0.2) is 18.4 Å². The van der Waals surface area contributed by atoms with Crippen molar-refractivity contribution < 1.29 is 13.2 Å². The lowest BCUT2D eigenvalue weighted by Crippen LogP contribution is -2.35. The summed E-state index contributed by atoms with van der Waals surface area (Å²) in [4.78, 5) is 25.6. The van der Waals surface area contributed by atoms with Crippen molar-refractivity contribution in [2.24, 2.45) is 0 Å². The van der Waals surface area contributed by atoms with E-state index in [0.717, 1.165) is 11.1 Å². The van der Waals surface area contributed by atoms with Gasteiger partial charge in [-0.15, -0.1) is 11.3 Å². The van der Waals surface area contributed by atoms with E-state index in [9.17, 15) is 13.2 Å². The molecule has 0 bridgehead atoms. The summed E-state index contributed by atoms with van der Waals surface area (Å²) in [6.45, 7) is 3.47. The summed E-state index contributed by atoms with van der Waals surface area (Å²) in [6.07, 6.45) is 6.47. The molecule has 3 aromatic heterocycles. The summed E-state index contributed by atoms with van der Waals surface area (Å²) >= 11 is 1.17. The van der Waals surface area contributed by atoms with Crippen LogP contribution in [-0.4, -0.2) is 34.5 Å². The van der Waals surface area contributed by atoms with Gasteiger partial charge in [0.1, 0.15) is 5.82 Å². The van der Waals surface area contributed by atoms with Gasteiger partial charge in [0.25, 0.3) is 0 Å². The molecule has 8 nitrogen and oxygen atoms in total. The Bertz CT molecular complexity index is 1150. The molecular formula is C20H21N5O3S2. The van der Waals surface area contributed by atoms with Crippen molar-refractivity contribution in [3.63, 3.8) is 0 Å². The SMILES string of the molecule is CC(C)(C(=O)Nc1ccc(-c2cccnc2)cn1)c1csc(NS(=O)(=O)C2CC2)n1. The third-order valence-corrected chi connectivity index (χ3v) is 7.62. The molecule has 0 atom stereocenters. The Morgan fingerprint density at radius 1 is 1.17 bits per heavy atom. The van der Waals surface area contributed by atoms with Crippen LogP contribution in [0, 0.1) is 0 Å². The predicted octanol–water partition coefficient (Wildman–Crippen LogP) is 3.42. The van der Waals surface area contributed by atoms with Crippen molar-refractivity contribution in [1.29, 1.82) is 0 Å². The van der Waals surface area contributed by atoms with Crippen LogP contribution < -0.4 is 10.0 Å². The van der Waals surface area contributed by atoms with Crippen LogP contribution in [0.1, 0.15) is 32.4 Å². The number of pyridine rings is 2. The smallest absolute Gasteiger partial charge is 0.237 e. The summed E-state index contributed by atoms with van der Waals surface area (Å²) in [6, 6.07) is 7.37. The predicted molar refractivity (Wildman–Crippen MR) is 117 cm³/mol. The summed E-state index contributed by atoms with van der Waals surface area (Å²) in [5.74, 6) is 0.136. The second-order valence-corrected chi connectivity index (χ2v) is 10.5. The maximum absolute atomic E-state index is 12.9. The highest BCUT2D eigenvalue weighted by Gasteiger charge is 2.37. The fourth-order valence-electron chi connectivity index (χ4n) is 2.75. The number of sulfonamides is 1. The zero-order valence-corrected chi connectivity index (χ0v) is 18.1. The number of hydrogen-bond acceptors (Lipinski definition) is 7. The van der Waals surface area contributed by atoms with Gasteiger partial charge >= 0.3 is 0 Å². The van der Waals surface area contributed by atoms with E-state index in [1.54, 1.807) is 43.9 Å². The highest BCUT2D eigenvalue weighted by Crippen LogP contribution is 2.33. The molecule has 0 radical (unpaired) electrons. The topological polar surface area (TPSA) is 114 Å². The first-order chi connectivity index (χ1) is 14.3. The van der Waals surface area contributed by atoms with Gasteiger partial charge in [-0.3, -0.25) is 14.5 Å². The Kier molecular flexibility index (Phi) is 5.29. The number of aromatic nitrogens is 3. The van der Waals surface area contributed by atoms with Crippen LogP contribution in [0.15, 0.2) is 48.2 Å². The van der Waals surface area contributed by atoms with Crippen LogP contribution in [0.3, 0.4) is 0 Å². The van der Waals surface area contributed by atoms with Crippen molar-refractivity contribution in [2.75, 3.05) is 10.0 Å². The minimum atomic E-state index is -3.39. The maximum Gasteiger partial charge on any atom is 0.237 e. The number of nitrogens with one attached hydrogen (secondary N) is 2. The van der Waals surface area contributed by atoms with Crippen molar-refractivity contribution in [1.82, 2.24) is 15.0 Å². The zero-order valence-electron chi connectivity index (χ0n) is 16.5. The summed E-state index contributed by atoms with van der Waals surface area (Å²) in [7, 11) is -3.39. The van der Waals surface area contributed by atoms with Gasteiger partial charge in [0.2, 0.25) is 15.9 Å². The molecule has 3 aromatic rings. The molecule has 0 saturated heterocycles. The first-order valence-corrected chi connectivity index (χ1v) is 11.8. The molecule has 1 aliphatic carbocycles. The fraction of sp³-hybridized carbons (Fsp3) is 0.300. The average Bonchev–Trinajstić information content (AvgIpc) is 3.50. The van der Waals surface area contributed by atoms with Crippen molar-refractivity contribution in [3.05, 3.63) is 53.9 Å². The Balaban J connectivity index is 1.45. The number of amides is 1. The molecule has 1 amide bonds. The molecule has 0 spiro atoms. The first-order valence-electron chi connectivity index (χ1n) is 9.41. The van der Waals surface area contributed by atoms with Crippen molar-refractivity contribution in [3.8, 4) is 11.1 Å². The van der Waals surface area contributed by atoms with Crippen LogP contribution in [0.25, 0.3) is 11.1 Å². The minimum absolute atomic E-state index is 0.275. The van der Waals surface area contributed by atoms with E-state index in [-0.39, 0.29) is 16.3 Å². The normalized spacial score (nSPS) is 14.3. The number of carbonyl (C=O) groups is 1. The number of carbonyl (C=O) groups excluding carboxylic acids is 1.